The van der Waals surface area contributed by atoms with Gasteiger partial charge in [0, 0.05) is 34.7 Å². The summed E-state index contributed by atoms with van der Waals surface area (Å²) in [5.74, 6) is 0.807. The molecule has 10 heteroatoms. The second kappa shape index (κ2) is 7.28. The van der Waals surface area contributed by atoms with Crippen LogP contribution >= 0.6 is 11.3 Å². The van der Waals surface area contributed by atoms with Crippen molar-refractivity contribution in [2.75, 3.05) is 11.1 Å². The molecule has 1 aliphatic carbocycles. The van der Waals surface area contributed by atoms with Gasteiger partial charge in [0.25, 0.3) is 0 Å². The van der Waals surface area contributed by atoms with Crippen molar-refractivity contribution in [2.24, 2.45) is 0 Å². The molecule has 0 saturated carbocycles. The third-order valence-electron chi connectivity index (χ3n) is 5.27. The Balaban J connectivity index is 1.56. The van der Waals surface area contributed by atoms with Crippen molar-refractivity contribution >= 4 is 28.1 Å². The monoisotopic (exact) mass is 424 g/mol. The number of thiazole rings is 1. The summed E-state index contributed by atoms with van der Waals surface area (Å²) in [7, 11) is 0. The second-order valence-corrected chi connectivity index (χ2v) is 8.87. The zero-order valence-corrected chi connectivity index (χ0v) is 17.4. The van der Waals surface area contributed by atoms with Crippen molar-refractivity contribution in [1.29, 1.82) is 0 Å². The molecule has 4 aromatic rings. The molecule has 1 aliphatic rings. The van der Waals surface area contributed by atoms with Gasteiger partial charge in [-0.25, -0.2) is 14.4 Å². The van der Waals surface area contributed by atoms with E-state index in [-0.39, 0.29) is 12.0 Å². The number of nitrogens with two attached hydrogens (primary N) is 1. The quantitative estimate of drug-likeness (QED) is 0.517. The van der Waals surface area contributed by atoms with E-state index < -0.39 is 5.82 Å². The van der Waals surface area contributed by atoms with Crippen molar-refractivity contribution in [3.63, 3.8) is 0 Å². The first-order valence-electron chi connectivity index (χ1n) is 9.85. The standard InChI is InChI=1S/C20H21FN8S/c1-10(2)14-9-24-29-18(14)27-17(11-5-12(21)8-23-7-11)28-20(29)25-13-3-4-15-16(6-13)30-19(22)26-15/h5,7-10,13H,3-4,6H2,1-2H3,(H2,22,26)(H,25,27,28). The van der Waals surface area contributed by atoms with Crippen molar-refractivity contribution in [2.45, 2.75) is 45.1 Å². The molecule has 0 bridgehead atoms. The Bertz CT molecular complexity index is 1230. The fourth-order valence-corrected chi connectivity index (χ4v) is 4.72. The summed E-state index contributed by atoms with van der Waals surface area (Å²) in [6.45, 7) is 4.18. The molecule has 0 amide bonds. The minimum Gasteiger partial charge on any atom is -0.375 e. The molecule has 0 radical (unpaired) electrons. The van der Waals surface area contributed by atoms with Crippen molar-refractivity contribution in [1.82, 2.24) is 29.5 Å². The highest BCUT2D eigenvalue weighted by molar-refractivity contribution is 7.15. The van der Waals surface area contributed by atoms with Crippen LogP contribution in [-0.2, 0) is 12.8 Å². The molecule has 30 heavy (non-hydrogen) atoms. The van der Waals surface area contributed by atoms with Crippen molar-refractivity contribution in [3.8, 4) is 11.4 Å². The number of nitrogens with zero attached hydrogens (tertiary/aromatic N) is 6. The SMILES string of the molecule is CC(C)c1cnn2c(NC3CCc4nc(N)sc4C3)nc(-c3cncc(F)c3)nc12. The number of nitrogen functional groups attached to an aromatic ring is 1. The van der Waals surface area contributed by atoms with Crippen LogP contribution < -0.4 is 11.1 Å². The van der Waals surface area contributed by atoms with E-state index in [1.807, 2.05) is 6.20 Å². The third-order valence-corrected chi connectivity index (χ3v) is 6.22. The summed E-state index contributed by atoms with van der Waals surface area (Å²) in [5.41, 5.74) is 9.21. The molecule has 8 nitrogen and oxygen atoms in total. The van der Waals surface area contributed by atoms with Crippen LogP contribution in [0.3, 0.4) is 0 Å². The van der Waals surface area contributed by atoms with E-state index in [1.165, 1.54) is 28.5 Å². The van der Waals surface area contributed by atoms with Crippen LogP contribution in [0.4, 0.5) is 15.5 Å². The molecule has 1 unspecified atom stereocenters. The molecule has 0 saturated heterocycles. The first-order valence-corrected chi connectivity index (χ1v) is 10.7. The molecular weight excluding hydrogens is 403 g/mol. The van der Waals surface area contributed by atoms with Gasteiger partial charge in [-0.1, -0.05) is 13.8 Å². The van der Waals surface area contributed by atoms with Crippen molar-refractivity contribution < 1.29 is 4.39 Å². The highest BCUT2D eigenvalue weighted by Gasteiger charge is 2.24. The smallest absolute Gasteiger partial charge is 0.228 e. The molecule has 0 fully saturated rings. The van der Waals surface area contributed by atoms with E-state index in [1.54, 1.807) is 10.7 Å². The third kappa shape index (κ3) is 3.36. The Hall–Kier alpha value is -3.14. The van der Waals surface area contributed by atoms with E-state index in [0.717, 1.165) is 30.5 Å². The molecule has 3 N–H and O–H groups in total. The van der Waals surface area contributed by atoms with Crippen LogP contribution in [0.25, 0.3) is 17.0 Å². The Kier molecular flexibility index (Phi) is 4.58. The Morgan fingerprint density at radius 2 is 2.10 bits per heavy atom. The molecule has 0 spiro atoms. The van der Waals surface area contributed by atoms with E-state index in [9.17, 15) is 4.39 Å². The van der Waals surface area contributed by atoms with E-state index in [2.05, 4.69) is 44.2 Å². The topological polar surface area (TPSA) is 107 Å². The number of hydrogen-bond acceptors (Lipinski definition) is 8. The molecule has 5 rings (SSSR count). The van der Waals surface area contributed by atoms with Gasteiger partial charge in [-0.05, 0) is 24.8 Å². The predicted octanol–water partition coefficient (Wildman–Crippen LogP) is 3.46. The van der Waals surface area contributed by atoms with Crippen LogP contribution in [0, 0.1) is 5.82 Å². The maximum Gasteiger partial charge on any atom is 0.228 e. The van der Waals surface area contributed by atoms with Gasteiger partial charge in [0.1, 0.15) is 5.82 Å². The Morgan fingerprint density at radius 3 is 2.90 bits per heavy atom. The molecule has 4 heterocycles. The van der Waals surface area contributed by atoms with E-state index in [4.69, 9.17) is 5.73 Å². The number of pyridine rings is 1. The van der Waals surface area contributed by atoms with Gasteiger partial charge in [-0.2, -0.15) is 14.6 Å². The second-order valence-electron chi connectivity index (χ2n) is 7.76. The fourth-order valence-electron chi connectivity index (χ4n) is 3.76. The number of rotatable bonds is 4. The summed E-state index contributed by atoms with van der Waals surface area (Å²) in [6.07, 6.45) is 7.15. The van der Waals surface area contributed by atoms with Gasteiger partial charge in [0.15, 0.2) is 16.6 Å². The van der Waals surface area contributed by atoms with Crippen LogP contribution in [0.2, 0.25) is 0 Å². The predicted molar refractivity (Wildman–Crippen MR) is 114 cm³/mol. The van der Waals surface area contributed by atoms with Crippen LogP contribution in [-0.4, -0.2) is 35.6 Å². The summed E-state index contributed by atoms with van der Waals surface area (Å²) in [6, 6.07) is 1.56. The van der Waals surface area contributed by atoms with Crippen LogP contribution in [0.1, 0.15) is 42.3 Å². The number of hydrogen-bond donors (Lipinski definition) is 2. The highest BCUT2D eigenvalue weighted by atomic mass is 32.1. The first kappa shape index (κ1) is 18.9. The Labute approximate surface area is 176 Å². The van der Waals surface area contributed by atoms with Gasteiger partial charge in [0.2, 0.25) is 5.95 Å². The fraction of sp³-hybridized carbons (Fsp3) is 0.350. The summed E-state index contributed by atoms with van der Waals surface area (Å²) in [5, 5.41) is 8.65. The maximum absolute atomic E-state index is 13.8. The molecule has 0 aromatic carbocycles. The van der Waals surface area contributed by atoms with Crippen molar-refractivity contribution in [3.05, 3.63) is 46.6 Å². The molecule has 4 aromatic heterocycles. The zero-order chi connectivity index (χ0) is 20.8. The lowest BCUT2D eigenvalue weighted by molar-refractivity contribution is 0.602. The summed E-state index contributed by atoms with van der Waals surface area (Å²) < 4.78 is 15.5. The molecular formula is C20H21FN8S. The molecule has 154 valence electrons. The van der Waals surface area contributed by atoms with Crippen LogP contribution in [0.5, 0.6) is 0 Å². The number of aryl methyl sites for hydroxylation is 1. The number of anilines is 2. The highest BCUT2D eigenvalue weighted by Crippen LogP contribution is 2.30. The number of fused-ring (bicyclic) bond motifs is 2. The van der Waals surface area contributed by atoms with Gasteiger partial charge in [-0.3, -0.25) is 4.98 Å². The Morgan fingerprint density at radius 1 is 1.23 bits per heavy atom. The lowest BCUT2D eigenvalue weighted by Crippen LogP contribution is -2.28. The van der Waals surface area contributed by atoms with Crippen LogP contribution in [0.15, 0.2) is 24.7 Å². The lowest BCUT2D eigenvalue weighted by Gasteiger charge is -2.23. The number of aromatic nitrogens is 6. The average molecular weight is 425 g/mol. The lowest BCUT2D eigenvalue weighted by atomic mass is 9.98. The first-order chi connectivity index (χ1) is 14.5. The van der Waals surface area contributed by atoms with Gasteiger partial charge >= 0.3 is 0 Å². The summed E-state index contributed by atoms with van der Waals surface area (Å²) in [4.78, 5) is 18.9. The average Bonchev–Trinajstić information content (AvgIpc) is 3.30. The number of halogens is 1. The minimum atomic E-state index is -0.425. The van der Waals surface area contributed by atoms with E-state index >= 15 is 0 Å². The largest absolute Gasteiger partial charge is 0.375 e. The molecule has 1 atom stereocenters. The van der Waals surface area contributed by atoms with Gasteiger partial charge in [0.05, 0.1) is 18.1 Å². The zero-order valence-electron chi connectivity index (χ0n) is 16.6. The maximum atomic E-state index is 13.8. The van der Waals surface area contributed by atoms with Gasteiger partial charge < -0.3 is 11.1 Å². The van der Waals surface area contributed by atoms with Gasteiger partial charge in [-0.15, -0.1) is 11.3 Å². The minimum absolute atomic E-state index is 0.167. The number of nitrogens with one attached hydrogen (secondary N) is 1. The normalized spacial score (nSPS) is 16.2. The summed E-state index contributed by atoms with van der Waals surface area (Å²) >= 11 is 1.54. The van der Waals surface area contributed by atoms with E-state index in [0.29, 0.717) is 28.1 Å². The molecule has 0 aliphatic heterocycles.